The maximum atomic E-state index is 10.9. The largest absolute Gasteiger partial charge is 0.504 e. The predicted molar refractivity (Wildman–Crippen MR) is 63.0 cm³/mol. The molecule has 0 radical (unpaired) electrons. The summed E-state index contributed by atoms with van der Waals surface area (Å²) < 4.78 is 9.75. The molecule has 0 aromatic heterocycles. The SMILES string of the molecule is CCOc1cccc(CNCC(=O)OC)c1O. The van der Waals surface area contributed by atoms with Crippen LogP contribution >= 0.6 is 0 Å². The number of methoxy groups -OCH3 is 1. The third-order valence-electron chi connectivity index (χ3n) is 2.19. The lowest BCUT2D eigenvalue weighted by Gasteiger charge is -2.10. The Morgan fingerprint density at radius 3 is 2.88 bits per heavy atom. The molecule has 0 fully saturated rings. The van der Waals surface area contributed by atoms with Crippen LogP contribution in [0, 0.1) is 0 Å². The molecule has 1 aromatic carbocycles. The molecule has 1 rings (SSSR count). The van der Waals surface area contributed by atoms with Crippen molar-refractivity contribution in [1.29, 1.82) is 0 Å². The van der Waals surface area contributed by atoms with E-state index in [1.807, 2.05) is 6.92 Å². The first-order valence-electron chi connectivity index (χ1n) is 5.40. The fourth-order valence-corrected chi connectivity index (χ4v) is 1.35. The maximum absolute atomic E-state index is 10.9. The molecule has 0 spiro atoms. The van der Waals surface area contributed by atoms with Gasteiger partial charge in [0.1, 0.15) is 0 Å². The van der Waals surface area contributed by atoms with Gasteiger partial charge in [-0.25, -0.2) is 0 Å². The van der Waals surface area contributed by atoms with Crippen molar-refractivity contribution >= 4 is 5.97 Å². The molecule has 0 heterocycles. The molecule has 0 saturated heterocycles. The van der Waals surface area contributed by atoms with Gasteiger partial charge in [-0.05, 0) is 13.0 Å². The van der Waals surface area contributed by atoms with E-state index in [0.717, 1.165) is 0 Å². The maximum Gasteiger partial charge on any atom is 0.319 e. The highest BCUT2D eigenvalue weighted by atomic mass is 16.5. The molecule has 0 bridgehead atoms. The molecule has 5 heteroatoms. The number of hydrogen-bond donors (Lipinski definition) is 2. The molecule has 0 atom stereocenters. The van der Waals surface area contributed by atoms with Crippen LogP contribution in [0.25, 0.3) is 0 Å². The number of hydrogen-bond acceptors (Lipinski definition) is 5. The number of carbonyl (C=O) groups is 1. The molecule has 17 heavy (non-hydrogen) atoms. The predicted octanol–water partition coefficient (Wildman–Crippen LogP) is 1.05. The topological polar surface area (TPSA) is 67.8 Å². The van der Waals surface area contributed by atoms with Gasteiger partial charge in [-0.15, -0.1) is 0 Å². The first-order chi connectivity index (χ1) is 8.19. The summed E-state index contributed by atoms with van der Waals surface area (Å²) in [6.45, 7) is 2.82. The fourth-order valence-electron chi connectivity index (χ4n) is 1.35. The van der Waals surface area contributed by atoms with Crippen molar-refractivity contribution in [3.8, 4) is 11.5 Å². The van der Waals surface area contributed by atoms with Gasteiger partial charge >= 0.3 is 5.97 Å². The van der Waals surface area contributed by atoms with E-state index in [2.05, 4.69) is 10.1 Å². The number of carbonyl (C=O) groups excluding carboxylic acids is 1. The number of benzene rings is 1. The molecule has 0 aliphatic heterocycles. The lowest BCUT2D eigenvalue weighted by Crippen LogP contribution is -2.23. The number of ether oxygens (including phenoxy) is 2. The van der Waals surface area contributed by atoms with Gasteiger partial charge in [-0.2, -0.15) is 0 Å². The average molecular weight is 239 g/mol. The van der Waals surface area contributed by atoms with Gasteiger partial charge in [-0.3, -0.25) is 4.79 Å². The molecule has 1 aromatic rings. The Morgan fingerprint density at radius 2 is 2.24 bits per heavy atom. The van der Waals surface area contributed by atoms with E-state index < -0.39 is 0 Å². The lowest BCUT2D eigenvalue weighted by molar-refractivity contribution is -0.139. The number of esters is 1. The van der Waals surface area contributed by atoms with E-state index in [0.29, 0.717) is 24.5 Å². The Bertz CT molecular complexity index is 379. The fraction of sp³-hybridized carbons (Fsp3) is 0.417. The van der Waals surface area contributed by atoms with E-state index >= 15 is 0 Å². The standard InChI is InChI=1S/C12H17NO4/c1-3-17-10-6-4-5-9(12(10)15)7-13-8-11(14)16-2/h4-6,13,15H,3,7-8H2,1-2H3. The third kappa shape index (κ3) is 3.96. The van der Waals surface area contributed by atoms with Crippen molar-refractivity contribution in [2.24, 2.45) is 0 Å². The van der Waals surface area contributed by atoms with Crippen LogP contribution in [0.1, 0.15) is 12.5 Å². The van der Waals surface area contributed by atoms with Crippen molar-refractivity contribution in [3.05, 3.63) is 23.8 Å². The number of phenolic OH excluding ortho intramolecular Hbond substituents is 1. The van der Waals surface area contributed by atoms with E-state index in [1.54, 1.807) is 18.2 Å². The van der Waals surface area contributed by atoms with Crippen LogP contribution in [0.4, 0.5) is 0 Å². The minimum absolute atomic E-state index is 0.103. The van der Waals surface area contributed by atoms with Gasteiger partial charge in [0.05, 0.1) is 20.3 Å². The van der Waals surface area contributed by atoms with Gasteiger partial charge < -0.3 is 19.9 Å². The van der Waals surface area contributed by atoms with Gasteiger partial charge in [0.15, 0.2) is 11.5 Å². The zero-order valence-electron chi connectivity index (χ0n) is 10.0. The summed E-state index contributed by atoms with van der Waals surface area (Å²) >= 11 is 0. The monoisotopic (exact) mass is 239 g/mol. The van der Waals surface area contributed by atoms with Gasteiger partial charge in [0.2, 0.25) is 0 Å². The minimum Gasteiger partial charge on any atom is -0.504 e. The highest BCUT2D eigenvalue weighted by molar-refractivity contribution is 5.71. The molecular formula is C12H17NO4. The molecule has 5 nitrogen and oxygen atoms in total. The summed E-state index contributed by atoms with van der Waals surface area (Å²) in [5.74, 6) is 0.210. The summed E-state index contributed by atoms with van der Waals surface area (Å²) in [4.78, 5) is 10.9. The molecule has 94 valence electrons. The van der Waals surface area contributed by atoms with Crippen molar-refractivity contribution in [2.75, 3.05) is 20.3 Å². The summed E-state index contributed by atoms with van der Waals surface area (Å²) in [6, 6.07) is 5.25. The Morgan fingerprint density at radius 1 is 1.47 bits per heavy atom. The van der Waals surface area contributed by atoms with Crippen LogP contribution in [-0.4, -0.2) is 31.3 Å². The van der Waals surface area contributed by atoms with Crippen molar-refractivity contribution in [3.63, 3.8) is 0 Å². The van der Waals surface area contributed by atoms with Gasteiger partial charge in [0.25, 0.3) is 0 Å². The number of nitrogens with one attached hydrogen (secondary N) is 1. The molecule has 0 unspecified atom stereocenters. The molecule has 2 N–H and O–H groups in total. The van der Waals surface area contributed by atoms with Gasteiger partial charge in [-0.1, -0.05) is 12.1 Å². The van der Waals surface area contributed by atoms with E-state index in [1.165, 1.54) is 7.11 Å². The zero-order valence-corrected chi connectivity index (χ0v) is 10.0. The van der Waals surface area contributed by atoms with Crippen LogP contribution in [0.15, 0.2) is 18.2 Å². The highest BCUT2D eigenvalue weighted by Crippen LogP contribution is 2.29. The third-order valence-corrected chi connectivity index (χ3v) is 2.19. The molecule has 0 saturated carbocycles. The normalized spacial score (nSPS) is 10.0. The summed E-state index contributed by atoms with van der Waals surface area (Å²) in [7, 11) is 1.33. The first-order valence-corrected chi connectivity index (χ1v) is 5.40. The Hall–Kier alpha value is -1.75. The van der Waals surface area contributed by atoms with E-state index in [9.17, 15) is 9.90 Å². The van der Waals surface area contributed by atoms with Crippen molar-refractivity contribution < 1.29 is 19.4 Å². The van der Waals surface area contributed by atoms with Crippen LogP contribution in [0.2, 0.25) is 0 Å². The minimum atomic E-state index is -0.342. The van der Waals surface area contributed by atoms with Crippen LogP contribution in [0.5, 0.6) is 11.5 Å². The zero-order chi connectivity index (χ0) is 12.7. The second-order valence-corrected chi connectivity index (χ2v) is 3.38. The number of phenols is 1. The molecular weight excluding hydrogens is 222 g/mol. The van der Waals surface area contributed by atoms with Crippen LogP contribution in [0.3, 0.4) is 0 Å². The molecule has 0 aliphatic rings. The molecule has 0 aliphatic carbocycles. The van der Waals surface area contributed by atoms with E-state index in [4.69, 9.17) is 4.74 Å². The molecule has 0 amide bonds. The first kappa shape index (κ1) is 13.3. The Kier molecular flexibility index (Phi) is 5.29. The van der Waals surface area contributed by atoms with Crippen LogP contribution < -0.4 is 10.1 Å². The summed E-state index contributed by atoms with van der Waals surface area (Å²) in [5.41, 5.74) is 0.680. The van der Waals surface area contributed by atoms with Crippen molar-refractivity contribution in [1.82, 2.24) is 5.32 Å². The van der Waals surface area contributed by atoms with Crippen molar-refractivity contribution in [2.45, 2.75) is 13.5 Å². The Labute approximate surface area is 100 Å². The average Bonchev–Trinajstić information content (AvgIpc) is 2.33. The quantitative estimate of drug-likeness (QED) is 0.726. The van der Waals surface area contributed by atoms with Gasteiger partial charge in [0, 0.05) is 12.1 Å². The second-order valence-electron chi connectivity index (χ2n) is 3.38. The smallest absolute Gasteiger partial charge is 0.319 e. The summed E-state index contributed by atoms with van der Waals surface area (Å²) in [5, 5.41) is 12.7. The second kappa shape index (κ2) is 6.75. The Balaban J connectivity index is 2.59. The number of aromatic hydroxyl groups is 1. The summed E-state index contributed by atoms with van der Waals surface area (Å²) in [6.07, 6.45) is 0. The number of rotatable bonds is 6. The highest BCUT2D eigenvalue weighted by Gasteiger charge is 2.08. The van der Waals surface area contributed by atoms with E-state index in [-0.39, 0.29) is 18.3 Å². The lowest BCUT2D eigenvalue weighted by atomic mass is 10.2. The number of para-hydroxylation sites is 1. The van der Waals surface area contributed by atoms with Crippen LogP contribution in [-0.2, 0) is 16.1 Å².